The van der Waals surface area contributed by atoms with Crippen LogP contribution in [0.2, 0.25) is 0 Å². The predicted molar refractivity (Wildman–Crippen MR) is 109 cm³/mol. The molecular weight excluding hydrogens is 390 g/mol. The van der Waals surface area contributed by atoms with Gasteiger partial charge < -0.3 is 25.1 Å². The zero-order valence-corrected chi connectivity index (χ0v) is 18.4. The molecule has 1 aromatic carbocycles. The molecule has 8 nitrogen and oxygen atoms in total. The summed E-state index contributed by atoms with van der Waals surface area (Å²) in [6.45, 7) is 10.3. The summed E-state index contributed by atoms with van der Waals surface area (Å²) in [6.07, 6.45) is -0.357. The Morgan fingerprint density at radius 3 is 2.27 bits per heavy atom. The number of hydrogen-bond acceptors (Lipinski definition) is 7. The molecule has 0 radical (unpaired) electrons. The van der Waals surface area contributed by atoms with Crippen LogP contribution in [-0.2, 0) is 23.9 Å². The van der Waals surface area contributed by atoms with E-state index in [2.05, 4.69) is 0 Å². The molecule has 3 atom stereocenters. The number of fused-ring (bicyclic) bond motifs is 1. The first-order chi connectivity index (χ1) is 13.7. The lowest BCUT2D eigenvalue weighted by atomic mass is 9.76. The van der Waals surface area contributed by atoms with Crippen LogP contribution in [0.1, 0.15) is 59.4 Å². The molecule has 0 saturated heterocycles. The zero-order chi connectivity index (χ0) is 22.9. The highest BCUT2D eigenvalue weighted by molar-refractivity contribution is 5.88. The SMILES string of the molecule is CC(C)(C)OC(=O)C[C@H](C(=O)OC(C)(C)C)C(C(N)=O)[C@H]1COc2cc(O)ccc21. The number of benzene rings is 1. The Morgan fingerprint density at radius 1 is 1.13 bits per heavy atom. The number of carbonyl (C=O) groups is 3. The van der Waals surface area contributed by atoms with Gasteiger partial charge in [-0.25, -0.2) is 0 Å². The molecule has 166 valence electrons. The second-order valence-corrected chi connectivity index (χ2v) is 9.50. The molecule has 30 heavy (non-hydrogen) atoms. The normalized spacial score (nSPS) is 18.0. The maximum atomic E-state index is 13.0. The van der Waals surface area contributed by atoms with Crippen molar-refractivity contribution in [3.63, 3.8) is 0 Å². The number of nitrogens with two attached hydrogens (primary N) is 1. The van der Waals surface area contributed by atoms with E-state index in [1.807, 2.05) is 0 Å². The molecule has 3 N–H and O–H groups in total. The second kappa shape index (κ2) is 8.53. The molecular formula is C22H31NO7. The van der Waals surface area contributed by atoms with Crippen LogP contribution in [-0.4, -0.2) is 40.8 Å². The number of ether oxygens (including phenoxy) is 3. The van der Waals surface area contributed by atoms with Gasteiger partial charge in [-0.2, -0.15) is 0 Å². The van der Waals surface area contributed by atoms with Crippen LogP contribution >= 0.6 is 0 Å². The van der Waals surface area contributed by atoms with E-state index in [1.165, 1.54) is 12.1 Å². The van der Waals surface area contributed by atoms with Gasteiger partial charge in [-0.15, -0.1) is 0 Å². The number of phenols is 1. The number of rotatable bonds is 6. The van der Waals surface area contributed by atoms with Gasteiger partial charge in [-0.1, -0.05) is 6.07 Å². The maximum absolute atomic E-state index is 13.0. The Balaban J connectivity index is 2.41. The molecule has 1 aromatic rings. The summed E-state index contributed by atoms with van der Waals surface area (Å²) in [5.74, 6) is -4.43. The molecule has 0 saturated carbocycles. The fourth-order valence-corrected chi connectivity index (χ4v) is 3.49. The molecule has 0 aliphatic carbocycles. The highest BCUT2D eigenvalue weighted by Crippen LogP contribution is 2.43. The zero-order valence-electron chi connectivity index (χ0n) is 18.4. The minimum atomic E-state index is -1.15. The maximum Gasteiger partial charge on any atom is 0.310 e. The molecule has 1 heterocycles. The molecule has 0 fully saturated rings. The van der Waals surface area contributed by atoms with Crippen LogP contribution < -0.4 is 10.5 Å². The van der Waals surface area contributed by atoms with Crippen LogP contribution in [0.15, 0.2) is 18.2 Å². The van der Waals surface area contributed by atoms with Crippen LogP contribution in [0.5, 0.6) is 11.5 Å². The van der Waals surface area contributed by atoms with E-state index < -0.39 is 46.8 Å². The fraction of sp³-hybridized carbons (Fsp3) is 0.591. The number of hydrogen-bond donors (Lipinski definition) is 2. The average Bonchev–Trinajstić information content (AvgIpc) is 2.93. The topological polar surface area (TPSA) is 125 Å². The van der Waals surface area contributed by atoms with Gasteiger partial charge in [0.05, 0.1) is 24.9 Å². The predicted octanol–water partition coefficient (Wildman–Crippen LogP) is 2.66. The van der Waals surface area contributed by atoms with Crippen molar-refractivity contribution in [2.75, 3.05) is 6.61 Å². The summed E-state index contributed by atoms with van der Waals surface area (Å²) < 4.78 is 16.5. The van der Waals surface area contributed by atoms with E-state index in [0.717, 1.165) is 0 Å². The van der Waals surface area contributed by atoms with Gasteiger partial charge in [0.1, 0.15) is 22.7 Å². The third-order valence-corrected chi connectivity index (χ3v) is 4.53. The highest BCUT2D eigenvalue weighted by Gasteiger charge is 2.45. The smallest absolute Gasteiger partial charge is 0.310 e. The Kier molecular flexibility index (Phi) is 6.69. The lowest BCUT2D eigenvalue weighted by Gasteiger charge is -2.30. The number of esters is 2. The third kappa shape index (κ3) is 6.11. The van der Waals surface area contributed by atoms with Crippen LogP contribution in [0.25, 0.3) is 0 Å². The highest BCUT2D eigenvalue weighted by atomic mass is 16.6. The quantitative estimate of drug-likeness (QED) is 0.676. The first-order valence-electron chi connectivity index (χ1n) is 9.87. The molecule has 1 unspecified atom stereocenters. The van der Waals surface area contributed by atoms with Gasteiger partial charge in [0, 0.05) is 17.5 Å². The molecule has 8 heteroatoms. The summed E-state index contributed by atoms with van der Waals surface area (Å²) in [6, 6.07) is 4.52. The van der Waals surface area contributed by atoms with Crippen LogP contribution in [0, 0.1) is 11.8 Å². The molecule has 0 aromatic heterocycles. The number of carbonyl (C=O) groups excluding carboxylic acids is 3. The Labute approximate surface area is 176 Å². The number of aromatic hydroxyl groups is 1. The van der Waals surface area contributed by atoms with E-state index in [9.17, 15) is 19.5 Å². The largest absolute Gasteiger partial charge is 0.508 e. The molecule has 0 bridgehead atoms. The number of phenolic OH excluding ortho intramolecular Hbond substituents is 1. The Bertz CT molecular complexity index is 820. The minimum Gasteiger partial charge on any atom is -0.508 e. The summed E-state index contributed by atoms with van der Waals surface area (Å²) in [5.41, 5.74) is 4.77. The first kappa shape index (κ1) is 23.5. The van der Waals surface area contributed by atoms with Crippen molar-refractivity contribution < 1.29 is 33.7 Å². The van der Waals surface area contributed by atoms with E-state index in [-0.39, 0.29) is 18.8 Å². The van der Waals surface area contributed by atoms with Crippen molar-refractivity contribution in [2.45, 2.75) is 65.1 Å². The second-order valence-electron chi connectivity index (χ2n) is 9.50. The van der Waals surface area contributed by atoms with Crippen molar-refractivity contribution in [3.8, 4) is 11.5 Å². The minimum absolute atomic E-state index is 0.0162. The molecule has 1 aliphatic rings. The van der Waals surface area contributed by atoms with Gasteiger partial charge in [0.25, 0.3) is 0 Å². The van der Waals surface area contributed by atoms with E-state index in [0.29, 0.717) is 11.3 Å². The van der Waals surface area contributed by atoms with E-state index in [1.54, 1.807) is 47.6 Å². The summed E-state index contributed by atoms with van der Waals surface area (Å²) in [4.78, 5) is 38.0. The first-order valence-corrected chi connectivity index (χ1v) is 9.87. The van der Waals surface area contributed by atoms with Crippen molar-refractivity contribution in [2.24, 2.45) is 17.6 Å². The molecule has 2 rings (SSSR count). The summed E-state index contributed by atoms with van der Waals surface area (Å²) in [7, 11) is 0. The van der Waals surface area contributed by atoms with Crippen molar-refractivity contribution in [1.29, 1.82) is 0 Å². The van der Waals surface area contributed by atoms with Crippen LogP contribution in [0.3, 0.4) is 0 Å². The van der Waals surface area contributed by atoms with Gasteiger partial charge in [-0.05, 0) is 47.6 Å². The van der Waals surface area contributed by atoms with Gasteiger partial charge in [0.2, 0.25) is 5.91 Å². The Hall–Kier alpha value is -2.77. The van der Waals surface area contributed by atoms with Gasteiger partial charge in [-0.3, -0.25) is 14.4 Å². The summed E-state index contributed by atoms with van der Waals surface area (Å²) in [5, 5.41) is 9.68. The number of primary amides is 1. The third-order valence-electron chi connectivity index (χ3n) is 4.53. The van der Waals surface area contributed by atoms with Crippen molar-refractivity contribution in [1.82, 2.24) is 0 Å². The standard InChI is InChI=1S/C22H31NO7/c1-21(2,3)29-17(25)10-14(20(27)30-22(4,5)6)18(19(23)26)15-11-28-16-9-12(24)7-8-13(15)16/h7-9,14-15,18,24H,10-11H2,1-6H3,(H2,23,26)/t14-,15-,18?/m0/s1. The van der Waals surface area contributed by atoms with Crippen molar-refractivity contribution >= 4 is 17.8 Å². The summed E-state index contributed by atoms with van der Waals surface area (Å²) >= 11 is 0. The lowest BCUT2D eigenvalue weighted by Crippen LogP contribution is -2.43. The van der Waals surface area contributed by atoms with Crippen LogP contribution in [0.4, 0.5) is 0 Å². The monoisotopic (exact) mass is 421 g/mol. The lowest BCUT2D eigenvalue weighted by molar-refractivity contribution is -0.170. The van der Waals surface area contributed by atoms with E-state index >= 15 is 0 Å². The fourth-order valence-electron chi connectivity index (χ4n) is 3.49. The molecule has 1 aliphatic heterocycles. The average molecular weight is 421 g/mol. The van der Waals surface area contributed by atoms with Crippen molar-refractivity contribution in [3.05, 3.63) is 23.8 Å². The van der Waals surface area contributed by atoms with E-state index in [4.69, 9.17) is 19.9 Å². The molecule has 1 amide bonds. The molecule has 0 spiro atoms. The van der Waals surface area contributed by atoms with Gasteiger partial charge >= 0.3 is 11.9 Å². The Morgan fingerprint density at radius 2 is 1.73 bits per heavy atom. The van der Waals surface area contributed by atoms with Gasteiger partial charge in [0.15, 0.2) is 0 Å². The number of amides is 1.